The van der Waals surface area contributed by atoms with Gasteiger partial charge in [-0.25, -0.2) is 0 Å². The first-order chi connectivity index (χ1) is 15.4. The van der Waals surface area contributed by atoms with Gasteiger partial charge in [0.1, 0.15) is 11.4 Å². The molecule has 0 aliphatic heterocycles. The lowest BCUT2D eigenvalue weighted by Gasteiger charge is -2.13. The second-order valence-corrected chi connectivity index (χ2v) is 6.88. The third-order valence-corrected chi connectivity index (χ3v) is 4.54. The SMILES string of the molecule is COc1ccccc1C(=O)N/C(=C\c1ccc([N+](=O)[O-])cc1)C(=O)Nc1cccc(C)c1. The number of rotatable bonds is 7. The molecule has 3 aromatic carbocycles. The Morgan fingerprint density at radius 1 is 1.00 bits per heavy atom. The summed E-state index contributed by atoms with van der Waals surface area (Å²) in [6, 6.07) is 19.5. The quantitative estimate of drug-likeness (QED) is 0.329. The molecule has 0 saturated carbocycles. The van der Waals surface area contributed by atoms with E-state index in [0.29, 0.717) is 17.0 Å². The van der Waals surface area contributed by atoms with Crippen molar-refractivity contribution in [1.82, 2.24) is 5.32 Å². The molecule has 0 spiro atoms. The molecule has 0 heterocycles. The molecule has 8 heteroatoms. The van der Waals surface area contributed by atoms with E-state index < -0.39 is 16.7 Å². The summed E-state index contributed by atoms with van der Waals surface area (Å²) in [6.07, 6.45) is 1.45. The zero-order valence-electron chi connectivity index (χ0n) is 17.5. The number of carbonyl (C=O) groups is 2. The van der Waals surface area contributed by atoms with Crippen LogP contribution in [0.5, 0.6) is 5.75 Å². The first-order valence-electron chi connectivity index (χ1n) is 9.66. The van der Waals surface area contributed by atoms with Crippen LogP contribution in [-0.4, -0.2) is 23.8 Å². The Morgan fingerprint density at radius 3 is 2.38 bits per heavy atom. The second-order valence-electron chi connectivity index (χ2n) is 6.88. The van der Waals surface area contributed by atoms with Crippen LogP contribution in [0.15, 0.2) is 78.5 Å². The molecule has 0 atom stereocenters. The van der Waals surface area contributed by atoms with E-state index in [0.717, 1.165) is 5.56 Å². The summed E-state index contributed by atoms with van der Waals surface area (Å²) in [5.74, 6) is -0.717. The lowest BCUT2D eigenvalue weighted by atomic mass is 10.1. The number of nitrogens with one attached hydrogen (secondary N) is 2. The van der Waals surface area contributed by atoms with Crippen LogP contribution in [0.1, 0.15) is 21.5 Å². The van der Waals surface area contributed by atoms with Gasteiger partial charge in [0.05, 0.1) is 17.6 Å². The highest BCUT2D eigenvalue weighted by molar-refractivity contribution is 6.11. The molecule has 0 radical (unpaired) electrons. The van der Waals surface area contributed by atoms with Gasteiger partial charge in [-0.3, -0.25) is 19.7 Å². The van der Waals surface area contributed by atoms with E-state index in [-0.39, 0.29) is 16.9 Å². The molecular formula is C24H21N3O5. The summed E-state index contributed by atoms with van der Waals surface area (Å²) in [4.78, 5) is 36.3. The Labute approximate surface area is 184 Å². The molecule has 162 valence electrons. The molecule has 0 saturated heterocycles. The predicted octanol–water partition coefficient (Wildman–Crippen LogP) is 4.32. The molecule has 2 amide bonds. The van der Waals surface area contributed by atoms with E-state index >= 15 is 0 Å². The van der Waals surface area contributed by atoms with E-state index in [1.807, 2.05) is 13.0 Å². The normalized spacial score (nSPS) is 10.9. The van der Waals surface area contributed by atoms with E-state index in [1.165, 1.54) is 37.5 Å². The van der Waals surface area contributed by atoms with Crippen LogP contribution >= 0.6 is 0 Å². The topological polar surface area (TPSA) is 111 Å². The molecule has 0 bridgehead atoms. The number of amides is 2. The van der Waals surface area contributed by atoms with Crippen LogP contribution in [-0.2, 0) is 4.79 Å². The first kappa shape index (κ1) is 22.2. The van der Waals surface area contributed by atoms with Gasteiger partial charge in [0, 0.05) is 17.8 Å². The fourth-order valence-electron chi connectivity index (χ4n) is 2.96. The van der Waals surface area contributed by atoms with Crippen LogP contribution in [0, 0.1) is 17.0 Å². The second kappa shape index (κ2) is 10.0. The van der Waals surface area contributed by atoms with Crippen molar-refractivity contribution in [3.63, 3.8) is 0 Å². The zero-order valence-corrected chi connectivity index (χ0v) is 17.5. The van der Waals surface area contributed by atoms with Gasteiger partial charge in [0.2, 0.25) is 0 Å². The summed E-state index contributed by atoms with van der Waals surface area (Å²) in [6.45, 7) is 1.90. The van der Waals surface area contributed by atoms with Crippen molar-refractivity contribution in [2.75, 3.05) is 12.4 Å². The molecule has 3 rings (SSSR count). The maximum atomic E-state index is 13.0. The minimum absolute atomic E-state index is 0.0312. The van der Waals surface area contributed by atoms with E-state index in [1.54, 1.807) is 42.5 Å². The number of aryl methyl sites for hydroxylation is 1. The van der Waals surface area contributed by atoms with Crippen LogP contribution in [0.3, 0.4) is 0 Å². The maximum Gasteiger partial charge on any atom is 0.272 e. The molecule has 32 heavy (non-hydrogen) atoms. The highest BCUT2D eigenvalue weighted by Crippen LogP contribution is 2.19. The number of nitro groups is 1. The molecule has 0 fully saturated rings. The van der Waals surface area contributed by atoms with Crippen LogP contribution in [0.4, 0.5) is 11.4 Å². The molecule has 2 N–H and O–H groups in total. The Kier molecular flexibility index (Phi) is 6.97. The first-order valence-corrected chi connectivity index (χ1v) is 9.66. The van der Waals surface area contributed by atoms with Crippen molar-refractivity contribution >= 4 is 29.3 Å². The Bertz CT molecular complexity index is 1190. The fraction of sp³-hybridized carbons (Fsp3) is 0.0833. The highest BCUT2D eigenvalue weighted by atomic mass is 16.6. The summed E-state index contributed by atoms with van der Waals surface area (Å²) in [7, 11) is 1.45. The average molecular weight is 431 g/mol. The number of ether oxygens (including phenoxy) is 1. The largest absolute Gasteiger partial charge is 0.496 e. The van der Waals surface area contributed by atoms with E-state index in [2.05, 4.69) is 10.6 Å². The van der Waals surface area contributed by atoms with Gasteiger partial charge in [-0.05, 0) is 60.5 Å². The fourth-order valence-corrected chi connectivity index (χ4v) is 2.96. The molecule has 0 aliphatic rings. The third-order valence-electron chi connectivity index (χ3n) is 4.54. The highest BCUT2D eigenvalue weighted by Gasteiger charge is 2.18. The standard InChI is InChI=1S/C24H21N3O5/c1-16-6-5-7-18(14-16)25-24(29)21(15-17-10-12-19(13-11-17)27(30)31)26-23(28)20-8-3-4-9-22(20)32-2/h3-15H,1-2H3,(H,25,29)(H,26,28)/b21-15-. The molecule has 8 nitrogen and oxygen atoms in total. The van der Waals surface area contributed by atoms with Gasteiger partial charge in [-0.15, -0.1) is 0 Å². The number of hydrogen-bond donors (Lipinski definition) is 2. The molecular weight excluding hydrogens is 410 g/mol. The summed E-state index contributed by atoms with van der Waals surface area (Å²) in [5.41, 5.74) is 2.18. The predicted molar refractivity (Wildman–Crippen MR) is 121 cm³/mol. The number of para-hydroxylation sites is 1. The molecule has 0 unspecified atom stereocenters. The number of carbonyl (C=O) groups excluding carboxylic acids is 2. The van der Waals surface area contributed by atoms with Gasteiger partial charge >= 0.3 is 0 Å². The lowest BCUT2D eigenvalue weighted by molar-refractivity contribution is -0.384. The summed E-state index contributed by atoms with van der Waals surface area (Å²) >= 11 is 0. The van der Waals surface area contributed by atoms with Crippen LogP contribution < -0.4 is 15.4 Å². The number of benzene rings is 3. The number of hydrogen-bond acceptors (Lipinski definition) is 5. The molecule has 0 aliphatic carbocycles. The van der Waals surface area contributed by atoms with Crippen molar-refractivity contribution in [1.29, 1.82) is 0 Å². The lowest BCUT2D eigenvalue weighted by Crippen LogP contribution is -2.31. The number of nitro benzene ring substituents is 1. The minimum Gasteiger partial charge on any atom is -0.496 e. The minimum atomic E-state index is -0.544. The van der Waals surface area contributed by atoms with E-state index in [9.17, 15) is 19.7 Å². The smallest absolute Gasteiger partial charge is 0.272 e. The number of methoxy groups -OCH3 is 1. The third kappa shape index (κ3) is 5.57. The monoisotopic (exact) mass is 431 g/mol. The maximum absolute atomic E-state index is 13.0. The van der Waals surface area contributed by atoms with Crippen molar-refractivity contribution in [2.45, 2.75) is 6.92 Å². The van der Waals surface area contributed by atoms with Crippen molar-refractivity contribution in [3.8, 4) is 5.75 Å². The van der Waals surface area contributed by atoms with Crippen molar-refractivity contribution in [3.05, 3.63) is 105 Å². The van der Waals surface area contributed by atoms with E-state index in [4.69, 9.17) is 4.74 Å². The molecule has 0 aromatic heterocycles. The van der Waals surface area contributed by atoms with Crippen LogP contribution in [0.2, 0.25) is 0 Å². The average Bonchev–Trinajstić information content (AvgIpc) is 2.78. The number of nitrogens with zero attached hydrogens (tertiary/aromatic N) is 1. The van der Waals surface area contributed by atoms with Gasteiger partial charge < -0.3 is 15.4 Å². The Balaban J connectivity index is 1.93. The van der Waals surface area contributed by atoms with Gasteiger partial charge in [0.25, 0.3) is 17.5 Å². The Morgan fingerprint density at radius 2 is 1.72 bits per heavy atom. The molecule has 3 aromatic rings. The zero-order chi connectivity index (χ0) is 23.1. The van der Waals surface area contributed by atoms with Crippen molar-refractivity contribution in [2.24, 2.45) is 0 Å². The van der Waals surface area contributed by atoms with Gasteiger partial charge in [0.15, 0.2) is 0 Å². The van der Waals surface area contributed by atoms with Gasteiger partial charge in [-0.1, -0.05) is 24.3 Å². The number of anilines is 1. The Hall–Kier alpha value is -4.46. The van der Waals surface area contributed by atoms with Crippen molar-refractivity contribution < 1.29 is 19.2 Å². The van der Waals surface area contributed by atoms with Gasteiger partial charge in [-0.2, -0.15) is 0 Å². The number of non-ortho nitro benzene ring substituents is 1. The van der Waals surface area contributed by atoms with Crippen LogP contribution in [0.25, 0.3) is 6.08 Å². The summed E-state index contributed by atoms with van der Waals surface area (Å²) < 4.78 is 5.23. The summed E-state index contributed by atoms with van der Waals surface area (Å²) in [5, 5.41) is 16.3.